The summed E-state index contributed by atoms with van der Waals surface area (Å²) in [6.45, 7) is 7.28. The molecule has 0 amide bonds. The molecule has 24 heavy (non-hydrogen) atoms. The van der Waals surface area contributed by atoms with Crippen LogP contribution in [0.2, 0.25) is 0 Å². The van der Waals surface area contributed by atoms with E-state index in [1.54, 1.807) is 29.8 Å². The molecule has 0 aliphatic carbocycles. The van der Waals surface area contributed by atoms with Gasteiger partial charge in [0.15, 0.2) is 0 Å². The first-order valence-corrected chi connectivity index (χ1v) is 9.09. The molecule has 0 unspecified atom stereocenters. The van der Waals surface area contributed by atoms with Crippen molar-refractivity contribution in [1.82, 2.24) is 14.9 Å². The molecule has 1 fully saturated rings. The highest BCUT2D eigenvalue weighted by Crippen LogP contribution is 2.38. The first-order chi connectivity index (χ1) is 11.8. The Morgan fingerprint density at radius 1 is 1.17 bits per heavy atom. The molecular weight excluding hydrogens is 323 g/mol. The summed E-state index contributed by atoms with van der Waals surface area (Å²) in [6.07, 6.45) is 1.63. The fraction of sp³-hybridized carbons (Fsp3) is 0.333. The molecule has 1 aliphatic rings. The number of rotatable bonds is 3. The second-order valence-electron chi connectivity index (χ2n) is 5.96. The minimum absolute atomic E-state index is 0.221. The molecule has 0 bridgehead atoms. The molecule has 4 nitrogen and oxygen atoms in total. The van der Waals surface area contributed by atoms with Gasteiger partial charge >= 0.3 is 0 Å². The molecule has 0 spiro atoms. The zero-order chi connectivity index (χ0) is 16.5. The Hall–Kier alpha value is -2.05. The molecule has 124 valence electrons. The third kappa shape index (κ3) is 2.76. The number of anilines is 1. The largest absolute Gasteiger partial charge is 0.353 e. The van der Waals surface area contributed by atoms with Crippen molar-refractivity contribution in [3.8, 4) is 11.1 Å². The summed E-state index contributed by atoms with van der Waals surface area (Å²) in [5, 5.41) is 3.10. The van der Waals surface area contributed by atoms with Crippen molar-refractivity contribution < 1.29 is 4.39 Å². The maximum Gasteiger partial charge on any atom is 0.141 e. The van der Waals surface area contributed by atoms with Gasteiger partial charge in [0.2, 0.25) is 0 Å². The zero-order valence-electron chi connectivity index (χ0n) is 13.6. The first-order valence-electron chi connectivity index (χ1n) is 8.21. The fourth-order valence-corrected chi connectivity index (χ4v) is 4.15. The van der Waals surface area contributed by atoms with Gasteiger partial charge in [-0.05, 0) is 24.2 Å². The maximum atomic E-state index is 13.7. The summed E-state index contributed by atoms with van der Waals surface area (Å²) in [5.41, 5.74) is 1.90. The van der Waals surface area contributed by atoms with E-state index in [-0.39, 0.29) is 5.82 Å². The predicted octanol–water partition coefficient (Wildman–Crippen LogP) is 3.64. The maximum absolute atomic E-state index is 13.7. The molecule has 1 aromatic carbocycles. The van der Waals surface area contributed by atoms with Gasteiger partial charge in [-0.3, -0.25) is 0 Å². The van der Waals surface area contributed by atoms with E-state index in [1.165, 1.54) is 6.07 Å². The third-order valence-electron chi connectivity index (χ3n) is 4.60. The van der Waals surface area contributed by atoms with E-state index in [0.29, 0.717) is 0 Å². The second-order valence-corrected chi connectivity index (χ2v) is 6.82. The average Bonchev–Trinajstić information content (AvgIpc) is 3.06. The average molecular weight is 342 g/mol. The van der Waals surface area contributed by atoms with E-state index in [9.17, 15) is 4.39 Å². The van der Waals surface area contributed by atoms with Crippen LogP contribution in [-0.2, 0) is 0 Å². The van der Waals surface area contributed by atoms with Crippen molar-refractivity contribution >= 4 is 27.4 Å². The van der Waals surface area contributed by atoms with E-state index < -0.39 is 0 Å². The minimum atomic E-state index is -0.221. The van der Waals surface area contributed by atoms with Gasteiger partial charge in [0.05, 0.1) is 5.39 Å². The zero-order valence-corrected chi connectivity index (χ0v) is 14.4. The summed E-state index contributed by atoms with van der Waals surface area (Å²) in [4.78, 5) is 14.7. The molecule has 4 rings (SSSR count). The Bertz CT molecular complexity index is 855. The summed E-state index contributed by atoms with van der Waals surface area (Å²) in [7, 11) is 0. The lowest BCUT2D eigenvalue weighted by Gasteiger charge is -2.35. The van der Waals surface area contributed by atoms with E-state index in [0.717, 1.165) is 59.9 Å². The first kappa shape index (κ1) is 15.5. The lowest BCUT2D eigenvalue weighted by Crippen LogP contribution is -2.46. The van der Waals surface area contributed by atoms with E-state index >= 15 is 0 Å². The minimum Gasteiger partial charge on any atom is -0.353 e. The van der Waals surface area contributed by atoms with Crippen LogP contribution >= 0.6 is 11.3 Å². The van der Waals surface area contributed by atoms with Gasteiger partial charge in [-0.2, -0.15) is 0 Å². The molecular formula is C18H19FN4S. The van der Waals surface area contributed by atoms with Crippen LogP contribution in [0, 0.1) is 5.82 Å². The number of fused-ring (bicyclic) bond motifs is 1. The predicted molar refractivity (Wildman–Crippen MR) is 97.1 cm³/mol. The normalized spacial score (nSPS) is 16.0. The van der Waals surface area contributed by atoms with Crippen molar-refractivity contribution in [3.05, 3.63) is 41.8 Å². The molecule has 1 saturated heterocycles. The smallest absolute Gasteiger partial charge is 0.141 e. The monoisotopic (exact) mass is 342 g/mol. The second kappa shape index (κ2) is 6.45. The van der Waals surface area contributed by atoms with Crippen LogP contribution < -0.4 is 4.90 Å². The highest BCUT2D eigenvalue weighted by molar-refractivity contribution is 7.17. The van der Waals surface area contributed by atoms with Crippen LogP contribution in [0.25, 0.3) is 21.3 Å². The number of aromatic nitrogens is 2. The number of thiophene rings is 1. The number of halogens is 1. The Morgan fingerprint density at radius 3 is 2.75 bits per heavy atom. The van der Waals surface area contributed by atoms with E-state index in [2.05, 4.69) is 32.1 Å². The Kier molecular flexibility index (Phi) is 4.16. The van der Waals surface area contributed by atoms with Crippen LogP contribution in [0.1, 0.15) is 6.92 Å². The Labute approximate surface area is 144 Å². The number of benzene rings is 1. The van der Waals surface area contributed by atoms with Crippen LogP contribution in [0.3, 0.4) is 0 Å². The molecule has 6 heteroatoms. The van der Waals surface area contributed by atoms with Gasteiger partial charge < -0.3 is 9.80 Å². The molecule has 2 aromatic heterocycles. The summed E-state index contributed by atoms with van der Waals surface area (Å²) in [6, 6.07) is 6.74. The highest BCUT2D eigenvalue weighted by Gasteiger charge is 2.21. The topological polar surface area (TPSA) is 32.3 Å². The van der Waals surface area contributed by atoms with E-state index in [1.807, 2.05) is 6.07 Å². The van der Waals surface area contributed by atoms with Gasteiger partial charge in [-0.1, -0.05) is 19.1 Å². The Morgan fingerprint density at radius 2 is 2.00 bits per heavy atom. The van der Waals surface area contributed by atoms with Crippen LogP contribution in [0.5, 0.6) is 0 Å². The van der Waals surface area contributed by atoms with Crippen LogP contribution in [0.15, 0.2) is 36.0 Å². The van der Waals surface area contributed by atoms with Crippen molar-refractivity contribution in [3.63, 3.8) is 0 Å². The van der Waals surface area contributed by atoms with Gasteiger partial charge in [-0.15, -0.1) is 11.3 Å². The number of piperazine rings is 1. The summed E-state index contributed by atoms with van der Waals surface area (Å²) >= 11 is 1.59. The highest BCUT2D eigenvalue weighted by atomic mass is 32.1. The molecule has 1 aliphatic heterocycles. The summed E-state index contributed by atoms with van der Waals surface area (Å²) < 4.78 is 13.7. The van der Waals surface area contributed by atoms with Gasteiger partial charge in [-0.25, -0.2) is 14.4 Å². The van der Waals surface area contributed by atoms with Crippen molar-refractivity contribution in [2.24, 2.45) is 0 Å². The molecule has 0 N–H and O–H groups in total. The van der Waals surface area contributed by atoms with Crippen LogP contribution in [-0.4, -0.2) is 47.6 Å². The SMILES string of the molecule is CCN1CCN(c2ncnc3scc(-c4cccc(F)c4)c23)CC1. The van der Waals surface area contributed by atoms with Gasteiger partial charge in [0, 0.05) is 37.1 Å². The van der Waals surface area contributed by atoms with Gasteiger partial charge in [0.25, 0.3) is 0 Å². The molecule has 0 atom stereocenters. The van der Waals surface area contributed by atoms with Crippen molar-refractivity contribution in [2.45, 2.75) is 6.92 Å². The number of hydrogen-bond acceptors (Lipinski definition) is 5. The standard InChI is InChI=1S/C18H19FN4S/c1-2-22-6-8-23(9-7-22)17-16-15(11-24-18(16)21-12-20-17)13-4-3-5-14(19)10-13/h3-5,10-12H,2,6-9H2,1H3. The van der Waals surface area contributed by atoms with Crippen LogP contribution in [0.4, 0.5) is 10.2 Å². The number of likely N-dealkylation sites (N-methyl/N-ethyl adjacent to an activating group) is 1. The fourth-order valence-electron chi connectivity index (χ4n) is 3.24. The summed E-state index contributed by atoms with van der Waals surface area (Å²) in [5.74, 6) is 0.748. The third-order valence-corrected chi connectivity index (χ3v) is 5.49. The Balaban J connectivity index is 1.78. The molecule has 0 saturated carbocycles. The molecule has 0 radical (unpaired) electrons. The lowest BCUT2D eigenvalue weighted by molar-refractivity contribution is 0.271. The molecule has 3 heterocycles. The lowest BCUT2D eigenvalue weighted by atomic mass is 10.1. The van der Waals surface area contributed by atoms with Crippen molar-refractivity contribution in [2.75, 3.05) is 37.6 Å². The molecule has 3 aromatic rings. The van der Waals surface area contributed by atoms with Gasteiger partial charge in [0.1, 0.15) is 22.8 Å². The number of nitrogens with zero attached hydrogens (tertiary/aromatic N) is 4. The number of hydrogen-bond donors (Lipinski definition) is 0. The quantitative estimate of drug-likeness (QED) is 0.727. The van der Waals surface area contributed by atoms with E-state index in [4.69, 9.17) is 0 Å². The van der Waals surface area contributed by atoms with Crippen molar-refractivity contribution in [1.29, 1.82) is 0 Å².